The summed E-state index contributed by atoms with van der Waals surface area (Å²) in [6.45, 7) is 4.88. The van der Waals surface area contributed by atoms with Gasteiger partial charge in [0.15, 0.2) is 5.82 Å². The molecule has 0 spiro atoms. The summed E-state index contributed by atoms with van der Waals surface area (Å²) in [5.74, 6) is 1.55. The van der Waals surface area contributed by atoms with E-state index in [1.807, 2.05) is 11.6 Å². The van der Waals surface area contributed by atoms with Crippen LogP contribution in [-0.2, 0) is 13.0 Å². The summed E-state index contributed by atoms with van der Waals surface area (Å²) in [6.07, 6.45) is 6.37. The van der Waals surface area contributed by atoms with Gasteiger partial charge in [0.25, 0.3) is 0 Å². The molecule has 7 nitrogen and oxygen atoms in total. The van der Waals surface area contributed by atoms with E-state index >= 15 is 0 Å². The van der Waals surface area contributed by atoms with Crippen molar-refractivity contribution >= 4 is 0 Å². The van der Waals surface area contributed by atoms with Gasteiger partial charge in [-0.15, -0.1) is 0 Å². The Bertz CT molecular complexity index is 508. The lowest BCUT2D eigenvalue weighted by molar-refractivity contribution is 0.230. The van der Waals surface area contributed by atoms with Crippen LogP contribution in [-0.4, -0.2) is 42.9 Å². The van der Waals surface area contributed by atoms with Crippen LogP contribution in [0.5, 0.6) is 0 Å². The molecule has 2 aromatic heterocycles. The molecule has 0 aliphatic carbocycles. The van der Waals surface area contributed by atoms with Gasteiger partial charge in [-0.3, -0.25) is 9.58 Å². The monoisotopic (exact) mass is 262 g/mol. The van der Waals surface area contributed by atoms with Gasteiger partial charge >= 0.3 is 0 Å². The minimum Gasteiger partial charge on any atom is -0.339 e. The maximum atomic E-state index is 5.21. The normalized spacial score (nSPS) is 20.2. The van der Waals surface area contributed by atoms with Gasteiger partial charge < -0.3 is 4.52 Å². The van der Waals surface area contributed by atoms with Gasteiger partial charge in [0.1, 0.15) is 12.7 Å². The Balaban J connectivity index is 1.64. The molecule has 1 fully saturated rings. The van der Waals surface area contributed by atoms with E-state index in [-0.39, 0.29) is 6.04 Å². The first-order valence-electron chi connectivity index (χ1n) is 6.75. The standard InChI is InChI=1S/C12H18N6O/c1-2-11-15-12(16-19-11)10-4-3-5-17(10)6-7-18-9-13-8-14-18/h8-10H,2-7H2,1H3. The average molecular weight is 262 g/mol. The molecule has 0 aromatic carbocycles. The first-order chi connectivity index (χ1) is 9.36. The lowest BCUT2D eigenvalue weighted by Gasteiger charge is -2.21. The second-order valence-corrected chi connectivity index (χ2v) is 4.75. The zero-order valence-corrected chi connectivity index (χ0v) is 11.1. The fourth-order valence-electron chi connectivity index (χ4n) is 2.51. The third-order valence-corrected chi connectivity index (χ3v) is 3.53. The van der Waals surface area contributed by atoms with E-state index < -0.39 is 0 Å². The smallest absolute Gasteiger partial charge is 0.226 e. The second-order valence-electron chi connectivity index (χ2n) is 4.75. The number of aryl methyl sites for hydroxylation is 1. The van der Waals surface area contributed by atoms with Crippen LogP contribution in [0.25, 0.3) is 0 Å². The molecular weight excluding hydrogens is 244 g/mol. The van der Waals surface area contributed by atoms with Crippen molar-refractivity contribution in [2.45, 2.75) is 38.8 Å². The summed E-state index contributed by atoms with van der Waals surface area (Å²) in [5.41, 5.74) is 0. The quantitative estimate of drug-likeness (QED) is 0.802. The molecule has 19 heavy (non-hydrogen) atoms. The highest BCUT2D eigenvalue weighted by atomic mass is 16.5. The van der Waals surface area contributed by atoms with Crippen LogP contribution in [0.3, 0.4) is 0 Å². The number of rotatable bonds is 5. The Morgan fingerprint density at radius 2 is 2.37 bits per heavy atom. The molecule has 1 saturated heterocycles. The molecule has 0 amide bonds. The van der Waals surface area contributed by atoms with E-state index in [9.17, 15) is 0 Å². The molecule has 0 bridgehead atoms. The van der Waals surface area contributed by atoms with Crippen molar-refractivity contribution in [1.82, 2.24) is 29.8 Å². The highest BCUT2D eigenvalue weighted by Crippen LogP contribution is 2.29. The van der Waals surface area contributed by atoms with Crippen LogP contribution < -0.4 is 0 Å². The summed E-state index contributed by atoms with van der Waals surface area (Å²) < 4.78 is 7.06. The summed E-state index contributed by atoms with van der Waals surface area (Å²) in [7, 11) is 0. The number of nitrogens with zero attached hydrogens (tertiary/aromatic N) is 6. The van der Waals surface area contributed by atoms with Gasteiger partial charge in [-0.25, -0.2) is 4.98 Å². The van der Waals surface area contributed by atoms with E-state index in [1.165, 1.54) is 6.42 Å². The molecule has 3 heterocycles. The van der Waals surface area contributed by atoms with Crippen LogP contribution in [0.15, 0.2) is 17.2 Å². The van der Waals surface area contributed by atoms with Crippen LogP contribution in [0.2, 0.25) is 0 Å². The number of aromatic nitrogens is 5. The number of hydrogen-bond donors (Lipinski definition) is 0. The Morgan fingerprint density at radius 3 is 3.11 bits per heavy atom. The predicted molar refractivity (Wildman–Crippen MR) is 67.2 cm³/mol. The number of likely N-dealkylation sites (tertiary alicyclic amines) is 1. The Labute approximate surface area is 111 Å². The second kappa shape index (κ2) is 5.48. The van der Waals surface area contributed by atoms with Crippen molar-refractivity contribution in [3.8, 4) is 0 Å². The summed E-state index contributed by atoms with van der Waals surface area (Å²) in [6, 6.07) is 0.285. The van der Waals surface area contributed by atoms with E-state index in [2.05, 4.69) is 25.1 Å². The fourth-order valence-corrected chi connectivity index (χ4v) is 2.51. The van der Waals surface area contributed by atoms with Crippen molar-refractivity contribution < 1.29 is 4.52 Å². The zero-order valence-electron chi connectivity index (χ0n) is 11.1. The molecule has 3 rings (SSSR count). The molecule has 0 radical (unpaired) electrons. The van der Waals surface area contributed by atoms with E-state index in [4.69, 9.17) is 4.52 Å². The Kier molecular flexibility index (Phi) is 3.54. The van der Waals surface area contributed by atoms with Gasteiger partial charge in [0, 0.05) is 13.0 Å². The van der Waals surface area contributed by atoms with Crippen molar-refractivity contribution in [3.05, 3.63) is 24.4 Å². The van der Waals surface area contributed by atoms with Gasteiger partial charge in [0.05, 0.1) is 12.6 Å². The molecule has 1 aliphatic rings. The van der Waals surface area contributed by atoms with Gasteiger partial charge in [-0.2, -0.15) is 10.1 Å². The average Bonchev–Trinajstić information content (AvgIpc) is 3.16. The van der Waals surface area contributed by atoms with Crippen molar-refractivity contribution in [2.75, 3.05) is 13.1 Å². The van der Waals surface area contributed by atoms with Gasteiger partial charge in [0.2, 0.25) is 5.89 Å². The van der Waals surface area contributed by atoms with E-state index in [1.54, 1.807) is 12.7 Å². The molecule has 1 aliphatic heterocycles. The first kappa shape index (κ1) is 12.3. The molecule has 0 saturated carbocycles. The van der Waals surface area contributed by atoms with Crippen molar-refractivity contribution in [3.63, 3.8) is 0 Å². The largest absolute Gasteiger partial charge is 0.339 e. The van der Waals surface area contributed by atoms with E-state index in [0.29, 0.717) is 0 Å². The minimum atomic E-state index is 0.285. The maximum absolute atomic E-state index is 5.21. The van der Waals surface area contributed by atoms with Gasteiger partial charge in [-0.05, 0) is 19.4 Å². The number of hydrogen-bond acceptors (Lipinski definition) is 6. The summed E-state index contributed by atoms with van der Waals surface area (Å²) in [5, 5.41) is 8.22. The van der Waals surface area contributed by atoms with Crippen LogP contribution in [0.4, 0.5) is 0 Å². The third kappa shape index (κ3) is 2.65. The molecule has 102 valence electrons. The first-order valence-corrected chi connectivity index (χ1v) is 6.75. The van der Waals surface area contributed by atoms with Crippen LogP contribution in [0, 0.1) is 0 Å². The van der Waals surface area contributed by atoms with Crippen LogP contribution >= 0.6 is 0 Å². The zero-order chi connectivity index (χ0) is 13.1. The fraction of sp³-hybridized carbons (Fsp3) is 0.667. The third-order valence-electron chi connectivity index (χ3n) is 3.53. The minimum absolute atomic E-state index is 0.285. The highest BCUT2D eigenvalue weighted by molar-refractivity contribution is 4.98. The molecular formula is C12H18N6O. The Hall–Kier alpha value is -1.76. The summed E-state index contributed by atoms with van der Waals surface area (Å²) in [4.78, 5) is 10.8. The predicted octanol–water partition coefficient (Wildman–Crippen LogP) is 1.06. The summed E-state index contributed by atoms with van der Waals surface area (Å²) >= 11 is 0. The van der Waals surface area contributed by atoms with Crippen molar-refractivity contribution in [1.29, 1.82) is 0 Å². The van der Waals surface area contributed by atoms with Crippen LogP contribution in [0.1, 0.15) is 37.5 Å². The van der Waals surface area contributed by atoms with Crippen molar-refractivity contribution in [2.24, 2.45) is 0 Å². The lowest BCUT2D eigenvalue weighted by atomic mass is 10.2. The Morgan fingerprint density at radius 1 is 1.42 bits per heavy atom. The van der Waals surface area contributed by atoms with Gasteiger partial charge in [-0.1, -0.05) is 12.1 Å². The SMILES string of the molecule is CCc1nc(C2CCCN2CCn2cncn2)no1. The lowest BCUT2D eigenvalue weighted by Crippen LogP contribution is -2.28. The maximum Gasteiger partial charge on any atom is 0.226 e. The molecule has 1 unspecified atom stereocenters. The van der Waals surface area contributed by atoms with E-state index in [0.717, 1.165) is 44.2 Å². The topological polar surface area (TPSA) is 72.9 Å². The molecule has 1 atom stereocenters. The molecule has 2 aromatic rings. The molecule has 0 N–H and O–H groups in total. The highest BCUT2D eigenvalue weighted by Gasteiger charge is 2.29. The molecule has 7 heteroatoms.